The zero-order valence-electron chi connectivity index (χ0n) is 19.8. The minimum absolute atomic E-state index is 0.0896. The van der Waals surface area contributed by atoms with E-state index in [0.717, 1.165) is 45.9 Å². The van der Waals surface area contributed by atoms with E-state index in [1.165, 1.54) is 11.8 Å². The Balaban J connectivity index is 1.34. The predicted molar refractivity (Wildman–Crippen MR) is 133 cm³/mol. The van der Waals surface area contributed by atoms with Crippen LogP contribution in [-0.4, -0.2) is 33.5 Å². The van der Waals surface area contributed by atoms with Gasteiger partial charge in [0, 0.05) is 29.5 Å². The topological polar surface area (TPSA) is 122 Å². The van der Waals surface area contributed by atoms with Crippen molar-refractivity contribution in [2.24, 2.45) is 0 Å². The molecule has 2 aliphatic rings. The van der Waals surface area contributed by atoms with Gasteiger partial charge >= 0.3 is 6.16 Å². The number of imidazole rings is 1. The Bertz CT molecular complexity index is 1530. The molecule has 1 aliphatic carbocycles. The van der Waals surface area contributed by atoms with Crippen LogP contribution in [0.3, 0.4) is 0 Å². The molecule has 6 rings (SSSR count). The van der Waals surface area contributed by atoms with Crippen molar-refractivity contribution in [1.82, 2.24) is 15.0 Å². The second-order valence-corrected chi connectivity index (χ2v) is 9.77. The zero-order valence-corrected chi connectivity index (χ0v) is 20.6. The van der Waals surface area contributed by atoms with Crippen LogP contribution in [0.15, 0.2) is 62.5 Å². The molecular formula is C26H24N4O5S. The van der Waals surface area contributed by atoms with Crippen molar-refractivity contribution in [3.8, 4) is 5.88 Å². The van der Waals surface area contributed by atoms with Crippen LogP contribution in [0.1, 0.15) is 49.0 Å². The molecule has 1 aliphatic heterocycles. The van der Waals surface area contributed by atoms with Gasteiger partial charge in [-0.2, -0.15) is 0 Å². The van der Waals surface area contributed by atoms with Crippen molar-refractivity contribution in [3.63, 3.8) is 0 Å². The first kappa shape index (κ1) is 22.5. The maximum absolute atomic E-state index is 13.0. The second kappa shape index (κ2) is 8.94. The van der Waals surface area contributed by atoms with Crippen LogP contribution in [0.2, 0.25) is 0 Å². The van der Waals surface area contributed by atoms with Gasteiger partial charge in [0.05, 0.1) is 23.6 Å². The van der Waals surface area contributed by atoms with Crippen LogP contribution < -0.4 is 10.1 Å². The Morgan fingerprint density at radius 3 is 3.00 bits per heavy atom. The van der Waals surface area contributed by atoms with Crippen LogP contribution in [0.5, 0.6) is 5.88 Å². The van der Waals surface area contributed by atoms with Gasteiger partial charge in [-0.15, -0.1) is 0 Å². The Morgan fingerprint density at radius 1 is 1.25 bits per heavy atom. The lowest BCUT2D eigenvalue weighted by molar-refractivity contribution is -0.116. The third-order valence-electron chi connectivity index (χ3n) is 6.35. The summed E-state index contributed by atoms with van der Waals surface area (Å²) < 4.78 is 16.6. The molecule has 9 nitrogen and oxygen atoms in total. The number of hydrogen-bond donors (Lipinski definition) is 3. The summed E-state index contributed by atoms with van der Waals surface area (Å²) in [6.07, 6.45) is 2.92. The third kappa shape index (κ3) is 3.97. The van der Waals surface area contributed by atoms with E-state index in [2.05, 4.69) is 20.3 Å². The summed E-state index contributed by atoms with van der Waals surface area (Å²) in [5.41, 5.74) is 5.91. The first-order chi connectivity index (χ1) is 17.5. The van der Waals surface area contributed by atoms with Gasteiger partial charge in [0.1, 0.15) is 11.4 Å². The summed E-state index contributed by atoms with van der Waals surface area (Å²) >= 11 is 1.39. The summed E-state index contributed by atoms with van der Waals surface area (Å²) in [4.78, 5) is 36.0. The highest BCUT2D eigenvalue weighted by Gasteiger charge is 2.39. The SMILES string of the molecule is CCOC(=O)Oc1[nH]cc2c1NC1=C(C(=O)CCC1)C2c1ccc(Sc2nc3cc(C)ccc3[nH]2)o1. The molecule has 1 aromatic carbocycles. The second-order valence-electron chi connectivity index (χ2n) is 8.78. The number of aromatic nitrogens is 3. The third-order valence-corrected chi connectivity index (χ3v) is 7.16. The summed E-state index contributed by atoms with van der Waals surface area (Å²) in [6.45, 7) is 3.95. The number of anilines is 1. The van der Waals surface area contributed by atoms with Crippen molar-refractivity contribution in [1.29, 1.82) is 0 Å². The number of Topliss-reactive ketones (excluding diaryl/α,β-unsaturated/α-hetero) is 1. The van der Waals surface area contributed by atoms with Gasteiger partial charge in [0.25, 0.3) is 0 Å². The quantitative estimate of drug-likeness (QED) is 0.281. The number of nitrogens with one attached hydrogen (secondary N) is 3. The van der Waals surface area contributed by atoms with Gasteiger partial charge in [-0.25, -0.2) is 9.78 Å². The zero-order chi connectivity index (χ0) is 24.8. The number of furan rings is 1. The molecule has 1 unspecified atom stereocenters. The minimum atomic E-state index is -0.794. The predicted octanol–water partition coefficient (Wildman–Crippen LogP) is 6.04. The molecule has 0 spiro atoms. The monoisotopic (exact) mass is 504 g/mol. The standard InChI is InChI=1S/C26H24N4O5S/c1-3-33-26(32)35-24-23-14(12-27-24)21(22-16(28-23)5-4-6-18(22)31)19-9-10-20(34-19)36-25-29-15-8-7-13(2)11-17(15)30-25/h7-12,21,27-28H,3-6H2,1-2H3,(H,29,30). The number of H-pyrrole nitrogens is 2. The molecule has 0 amide bonds. The fourth-order valence-electron chi connectivity index (χ4n) is 4.80. The summed E-state index contributed by atoms with van der Waals surface area (Å²) in [6, 6.07) is 9.86. The fourth-order valence-corrected chi connectivity index (χ4v) is 5.57. The molecule has 0 fully saturated rings. The van der Waals surface area contributed by atoms with E-state index in [-0.39, 0.29) is 18.3 Å². The number of aromatic amines is 2. The van der Waals surface area contributed by atoms with Gasteiger partial charge in [0.2, 0.25) is 5.88 Å². The van der Waals surface area contributed by atoms with Gasteiger partial charge in [-0.1, -0.05) is 6.07 Å². The molecular weight excluding hydrogens is 480 g/mol. The van der Waals surface area contributed by atoms with Gasteiger partial charge in [0.15, 0.2) is 16.0 Å². The van der Waals surface area contributed by atoms with E-state index < -0.39 is 12.1 Å². The molecule has 36 heavy (non-hydrogen) atoms. The summed E-state index contributed by atoms with van der Waals surface area (Å²) in [7, 11) is 0. The summed E-state index contributed by atoms with van der Waals surface area (Å²) in [5, 5.41) is 4.71. The first-order valence-electron chi connectivity index (χ1n) is 11.8. The first-order valence-corrected chi connectivity index (χ1v) is 12.6. The van der Waals surface area contributed by atoms with Gasteiger partial charge < -0.3 is 29.2 Å². The number of ether oxygens (including phenoxy) is 2. The van der Waals surface area contributed by atoms with Crippen LogP contribution >= 0.6 is 11.8 Å². The normalized spacial score (nSPS) is 17.1. The van der Waals surface area contributed by atoms with Crippen molar-refractivity contribution in [3.05, 3.63) is 64.7 Å². The van der Waals surface area contributed by atoms with E-state index in [9.17, 15) is 9.59 Å². The Morgan fingerprint density at radius 2 is 2.14 bits per heavy atom. The number of rotatable bonds is 5. The highest BCUT2D eigenvalue weighted by molar-refractivity contribution is 7.99. The van der Waals surface area contributed by atoms with Crippen LogP contribution in [0, 0.1) is 6.92 Å². The Labute approximate surface area is 210 Å². The smallest absolute Gasteiger partial charge is 0.453 e. The van der Waals surface area contributed by atoms with Crippen molar-refractivity contribution in [2.75, 3.05) is 11.9 Å². The van der Waals surface area contributed by atoms with Crippen LogP contribution in [0.4, 0.5) is 10.5 Å². The van der Waals surface area contributed by atoms with E-state index >= 15 is 0 Å². The van der Waals surface area contributed by atoms with E-state index in [0.29, 0.717) is 28.5 Å². The fraction of sp³-hybridized carbons (Fsp3) is 0.269. The number of hydrogen-bond acceptors (Lipinski definition) is 8. The van der Waals surface area contributed by atoms with Crippen LogP contribution in [-0.2, 0) is 9.53 Å². The number of aryl methyl sites for hydroxylation is 1. The molecule has 3 aromatic heterocycles. The lowest BCUT2D eigenvalue weighted by atomic mass is 9.79. The molecule has 4 heterocycles. The Hall–Kier alpha value is -3.92. The molecule has 4 aromatic rings. The number of ketones is 1. The molecule has 1 atom stereocenters. The molecule has 0 saturated heterocycles. The molecule has 0 saturated carbocycles. The highest BCUT2D eigenvalue weighted by atomic mass is 32.2. The molecule has 184 valence electrons. The maximum atomic E-state index is 13.0. The average molecular weight is 505 g/mol. The average Bonchev–Trinajstić information content (AvgIpc) is 3.57. The molecule has 10 heteroatoms. The number of carbonyl (C=O) groups is 2. The highest BCUT2D eigenvalue weighted by Crippen LogP contribution is 2.49. The molecule has 0 bridgehead atoms. The number of benzene rings is 1. The molecule has 0 radical (unpaired) electrons. The van der Waals surface area contributed by atoms with Gasteiger partial charge in [-0.05, 0) is 68.3 Å². The largest absolute Gasteiger partial charge is 0.515 e. The number of fused-ring (bicyclic) bond motifs is 2. The lowest BCUT2D eigenvalue weighted by Gasteiger charge is -2.31. The van der Waals surface area contributed by atoms with Crippen molar-refractivity contribution >= 4 is 40.4 Å². The minimum Gasteiger partial charge on any atom is -0.453 e. The Kier molecular flexibility index (Phi) is 5.60. The number of carbonyl (C=O) groups excluding carboxylic acids is 2. The van der Waals surface area contributed by atoms with E-state index in [4.69, 9.17) is 13.9 Å². The van der Waals surface area contributed by atoms with Gasteiger partial charge in [-0.3, -0.25) is 4.79 Å². The van der Waals surface area contributed by atoms with Crippen molar-refractivity contribution < 1.29 is 23.5 Å². The summed E-state index contributed by atoms with van der Waals surface area (Å²) in [5.74, 6) is 0.549. The van der Waals surface area contributed by atoms with Crippen LogP contribution in [0.25, 0.3) is 11.0 Å². The van der Waals surface area contributed by atoms with E-state index in [1.54, 1.807) is 13.1 Å². The maximum Gasteiger partial charge on any atom is 0.515 e. The van der Waals surface area contributed by atoms with Crippen molar-refractivity contribution in [2.45, 2.75) is 49.3 Å². The van der Waals surface area contributed by atoms with E-state index in [1.807, 2.05) is 37.3 Å². The number of allylic oxidation sites excluding steroid dienone is 2. The number of nitrogens with zero attached hydrogens (tertiary/aromatic N) is 1. The molecule has 3 N–H and O–H groups in total. The lowest BCUT2D eigenvalue weighted by Crippen LogP contribution is -2.26.